The summed E-state index contributed by atoms with van der Waals surface area (Å²) in [4.78, 5) is 6.79. The molecule has 1 aromatic rings. The summed E-state index contributed by atoms with van der Waals surface area (Å²) in [6.07, 6.45) is 2.25. The second-order valence-corrected chi connectivity index (χ2v) is 5.00. The standard InChI is InChI=1S/C16H28N4/c1-4-20(5-2)12-7-6-11-18-16(17)19-15-10-8-9-14(3)13-15/h8-10,13H,4-7,11-12H2,1-3H3,(H3,17,18,19). The number of benzene rings is 1. The maximum atomic E-state index is 5.88. The largest absolute Gasteiger partial charge is 0.370 e. The zero-order valence-corrected chi connectivity index (χ0v) is 13.0. The number of nitrogens with one attached hydrogen (secondary N) is 1. The van der Waals surface area contributed by atoms with Gasteiger partial charge in [-0.3, -0.25) is 4.99 Å². The van der Waals surface area contributed by atoms with Crippen molar-refractivity contribution in [2.45, 2.75) is 33.6 Å². The van der Waals surface area contributed by atoms with Crippen molar-refractivity contribution in [3.8, 4) is 0 Å². The van der Waals surface area contributed by atoms with Gasteiger partial charge >= 0.3 is 0 Å². The fraction of sp³-hybridized carbons (Fsp3) is 0.562. The lowest BCUT2D eigenvalue weighted by molar-refractivity contribution is 0.298. The van der Waals surface area contributed by atoms with Gasteiger partial charge in [0.05, 0.1) is 0 Å². The minimum atomic E-state index is 0.499. The maximum absolute atomic E-state index is 5.88. The van der Waals surface area contributed by atoms with E-state index in [4.69, 9.17) is 5.73 Å². The number of rotatable bonds is 8. The highest BCUT2D eigenvalue weighted by atomic mass is 15.1. The van der Waals surface area contributed by atoms with Gasteiger partial charge in [0.25, 0.3) is 0 Å². The summed E-state index contributed by atoms with van der Waals surface area (Å²) in [6.45, 7) is 10.6. The zero-order valence-electron chi connectivity index (χ0n) is 13.0. The topological polar surface area (TPSA) is 53.6 Å². The molecule has 0 radical (unpaired) electrons. The molecular weight excluding hydrogens is 248 g/mol. The van der Waals surface area contributed by atoms with E-state index in [1.54, 1.807) is 0 Å². The van der Waals surface area contributed by atoms with Crippen molar-refractivity contribution in [1.82, 2.24) is 4.90 Å². The normalized spacial score (nSPS) is 11.9. The van der Waals surface area contributed by atoms with Crippen LogP contribution < -0.4 is 11.1 Å². The monoisotopic (exact) mass is 276 g/mol. The fourth-order valence-corrected chi connectivity index (χ4v) is 2.10. The molecule has 0 aliphatic rings. The Hall–Kier alpha value is -1.55. The first kappa shape index (κ1) is 16.5. The predicted octanol–water partition coefficient (Wildman–Crippen LogP) is 2.84. The molecule has 1 rings (SSSR count). The quantitative estimate of drug-likeness (QED) is 0.436. The van der Waals surface area contributed by atoms with E-state index < -0.39 is 0 Å². The van der Waals surface area contributed by atoms with Crippen molar-refractivity contribution in [3.05, 3.63) is 29.8 Å². The van der Waals surface area contributed by atoms with Gasteiger partial charge in [0, 0.05) is 12.2 Å². The van der Waals surface area contributed by atoms with Crippen molar-refractivity contribution >= 4 is 11.6 Å². The second-order valence-electron chi connectivity index (χ2n) is 5.00. The van der Waals surface area contributed by atoms with Crippen LogP contribution >= 0.6 is 0 Å². The van der Waals surface area contributed by atoms with E-state index in [9.17, 15) is 0 Å². The van der Waals surface area contributed by atoms with E-state index >= 15 is 0 Å². The predicted molar refractivity (Wildman–Crippen MR) is 88.3 cm³/mol. The number of anilines is 1. The highest BCUT2D eigenvalue weighted by Crippen LogP contribution is 2.08. The van der Waals surface area contributed by atoms with Gasteiger partial charge in [-0.2, -0.15) is 0 Å². The van der Waals surface area contributed by atoms with Crippen LogP contribution in [0.15, 0.2) is 29.3 Å². The molecule has 0 atom stereocenters. The highest BCUT2D eigenvalue weighted by Gasteiger charge is 1.98. The molecule has 0 aromatic heterocycles. The molecule has 112 valence electrons. The van der Waals surface area contributed by atoms with Gasteiger partial charge in [-0.25, -0.2) is 0 Å². The number of aliphatic imine (C=N–C) groups is 1. The van der Waals surface area contributed by atoms with Crippen molar-refractivity contribution in [2.24, 2.45) is 10.7 Å². The number of nitrogens with zero attached hydrogens (tertiary/aromatic N) is 2. The van der Waals surface area contributed by atoms with Gasteiger partial charge in [-0.05, 0) is 57.1 Å². The Kier molecular flexibility index (Phi) is 7.73. The first-order valence-electron chi connectivity index (χ1n) is 7.51. The molecular formula is C16H28N4. The molecule has 0 fully saturated rings. The van der Waals surface area contributed by atoms with E-state index in [2.05, 4.69) is 48.1 Å². The third-order valence-electron chi connectivity index (χ3n) is 3.35. The van der Waals surface area contributed by atoms with Crippen LogP contribution in [0.25, 0.3) is 0 Å². The molecule has 0 bridgehead atoms. The fourth-order valence-electron chi connectivity index (χ4n) is 2.10. The molecule has 3 N–H and O–H groups in total. The summed E-state index contributed by atoms with van der Waals surface area (Å²) in [6, 6.07) is 8.12. The third kappa shape index (κ3) is 6.57. The Morgan fingerprint density at radius 3 is 2.65 bits per heavy atom. The van der Waals surface area contributed by atoms with Crippen LogP contribution in [-0.4, -0.2) is 37.0 Å². The molecule has 1 aromatic carbocycles. The molecule has 0 heterocycles. The van der Waals surface area contributed by atoms with E-state index in [1.165, 1.54) is 12.0 Å². The Labute approximate surface area is 123 Å². The van der Waals surface area contributed by atoms with Crippen LogP contribution in [0.5, 0.6) is 0 Å². The smallest absolute Gasteiger partial charge is 0.193 e. The van der Waals surface area contributed by atoms with Gasteiger partial charge in [-0.1, -0.05) is 26.0 Å². The first-order chi connectivity index (χ1) is 9.65. The number of aryl methyl sites for hydroxylation is 1. The van der Waals surface area contributed by atoms with Crippen LogP contribution in [0.3, 0.4) is 0 Å². The van der Waals surface area contributed by atoms with Gasteiger partial charge in [0.1, 0.15) is 0 Å². The molecule has 20 heavy (non-hydrogen) atoms. The average Bonchev–Trinajstić information content (AvgIpc) is 2.43. The Balaban J connectivity index is 2.25. The Bertz CT molecular complexity index is 411. The van der Waals surface area contributed by atoms with E-state index in [0.29, 0.717) is 5.96 Å². The van der Waals surface area contributed by atoms with E-state index in [0.717, 1.165) is 38.3 Å². The Morgan fingerprint density at radius 2 is 2.00 bits per heavy atom. The van der Waals surface area contributed by atoms with Gasteiger partial charge in [0.2, 0.25) is 0 Å². The number of nitrogens with two attached hydrogens (primary N) is 1. The summed E-state index contributed by atoms with van der Waals surface area (Å²) < 4.78 is 0. The number of hydrogen-bond donors (Lipinski definition) is 2. The summed E-state index contributed by atoms with van der Waals surface area (Å²) in [5, 5.41) is 3.12. The number of unbranched alkanes of at least 4 members (excludes halogenated alkanes) is 1. The molecule has 0 aliphatic carbocycles. The minimum absolute atomic E-state index is 0.499. The van der Waals surface area contributed by atoms with Gasteiger partial charge < -0.3 is 16.0 Å². The summed E-state index contributed by atoms with van der Waals surface area (Å²) in [5.41, 5.74) is 8.08. The van der Waals surface area contributed by atoms with Crippen molar-refractivity contribution in [1.29, 1.82) is 0 Å². The van der Waals surface area contributed by atoms with Crippen LogP contribution in [0.2, 0.25) is 0 Å². The molecule has 4 heteroatoms. The molecule has 0 saturated heterocycles. The summed E-state index contributed by atoms with van der Waals surface area (Å²) in [7, 11) is 0. The minimum Gasteiger partial charge on any atom is -0.370 e. The van der Waals surface area contributed by atoms with E-state index in [-0.39, 0.29) is 0 Å². The van der Waals surface area contributed by atoms with Crippen molar-refractivity contribution in [2.75, 3.05) is 31.5 Å². The summed E-state index contributed by atoms with van der Waals surface area (Å²) in [5.74, 6) is 0.499. The van der Waals surface area contributed by atoms with Crippen LogP contribution in [0.1, 0.15) is 32.3 Å². The molecule has 4 nitrogen and oxygen atoms in total. The van der Waals surface area contributed by atoms with Crippen LogP contribution in [0, 0.1) is 6.92 Å². The molecule has 0 saturated carbocycles. The molecule has 0 amide bonds. The average molecular weight is 276 g/mol. The van der Waals surface area contributed by atoms with Gasteiger partial charge in [-0.15, -0.1) is 0 Å². The molecule has 0 spiro atoms. The Morgan fingerprint density at radius 1 is 1.25 bits per heavy atom. The molecule has 0 unspecified atom stereocenters. The number of hydrogen-bond acceptors (Lipinski definition) is 2. The lowest BCUT2D eigenvalue weighted by atomic mass is 10.2. The SMILES string of the molecule is CCN(CC)CCCCN=C(N)Nc1cccc(C)c1. The summed E-state index contributed by atoms with van der Waals surface area (Å²) >= 11 is 0. The zero-order chi connectivity index (χ0) is 14.8. The second kappa shape index (κ2) is 9.37. The maximum Gasteiger partial charge on any atom is 0.193 e. The van der Waals surface area contributed by atoms with E-state index in [1.807, 2.05) is 12.1 Å². The lowest BCUT2D eigenvalue weighted by Crippen LogP contribution is -2.24. The van der Waals surface area contributed by atoms with Crippen molar-refractivity contribution in [3.63, 3.8) is 0 Å². The third-order valence-corrected chi connectivity index (χ3v) is 3.35. The molecule has 0 aliphatic heterocycles. The first-order valence-corrected chi connectivity index (χ1v) is 7.51. The van der Waals surface area contributed by atoms with Crippen LogP contribution in [0.4, 0.5) is 5.69 Å². The van der Waals surface area contributed by atoms with Crippen LogP contribution in [-0.2, 0) is 0 Å². The lowest BCUT2D eigenvalue weighted by Gasteiger charge is -2.17. The van der Waals surface area contributed by atoms with Gasteiger partial charge in [0.15, 0.2) is 5.96 Å². The number of guanidine groups is 1. The highest BCUT2D eigenvalue weighted by molar-refractivity contribution is 5.92. The van der Waals surface area contributed by atoms with Crippen molar-refractivity contribution < 1.29 is 0 Å².